The van der Waals surface area contributed by atoms with E-state index in [4.69, 9.17) is 0 Å². The van der Waals surface area contributed by atoms with Gasteiger partial charge in [0.25, 0.3) is 0 Å². The highest BCUT2D eigenvalue weighted by Gasteiger charge is 2.12. The Bertz CT molecular complexity index is 1040. The van der Waals surface area contributed by atoms with Crippen LogP contribution in [-0.2, 0) is 31.1 Å². The van der Waals surface area contributed by atoms with Crippen LogP contribution in [0.3, 0.4) is 0 Å². The smallest absolute Gasteiger partial charge is 0.0400 e. The summed E-state index contributed by atoms with van der Waals surface area (Å²) in [6.45, 7) is 15.3. The van der Waals surface area contributed by atoms with Crippen LogP contribution in [0.4, 0.5) is 0 Å². The molecule has 0 saturated heterocycles. The van der Waals surface area contributed by atoms with Gasteiger partial charge < -0.3 is 0 Å². The molecule has 0 bridgehead atoms. The van der Waals surface area contributed by atoms with Gasteiger partial charge in [0.05, 0.1) is 0 Å². The average Bonchev–Trinajstić information content (AvgIpc) is 2.94. The minimum absolute atomic E-state index is 0.284. The third-order valence-electron chi connectivity index (χ3n) is 5.86. The number of rotatable bonds is 4. The van der Waals surface area contributed by atoms with Gasteiger partial charge in [-0.3, -0.25) is 4.98 Å². The first-order valence-corrected chi connectivity index (χ1v) is 14.3. The molecular formula is C35H46BrN. The highest BCUT2D eigenvalue weighted by Crippen LogP contribution is 2.22. The zero-order valence-electron chi connectivity index (χ0n) is 24.0. The van der Waals surface area contributed by atoms with Crippen molar-refractivity contribution in [3.8, 4) is 0 Å². The Hall–Kier alpha value is -2.71. The van der Waals surface area contributed by atoms with Gasteiger partial charge in [-0.1, -0.05) is 137 Å². The number of nitrogens with zero attached hydrogens (tertiary/aromatic N) is 1. The standard InChI is InChI=1S/C12H18.C8H9Br.C8H10.C7H9N/c1-5-10-6-8-11(9-7-10)12(2,3)4;1-2-7-4-3-5-8(9)6-7;1-2-8-6-4-3-5-7-8;1-2-7-5-3-4-6-8-7/h6-9H,5H2,1-4H3;3-6H,2H2,1H3;3-7H,2H2,1H3;3-6H,2H2,1H3. The van der Waals surface area contributed by atoms with Crippen LogP contribution < -0.4 is 0 Å². The summed E-state index contributed by atoms with van der Waals surface area (Å²) >= 11 is 3.40. The maximum atomic E-state index is 4.10. The van der Waals surface area contributed by atoms with E-state index >= 15 is 0 Å². The fourth-order valence-electron chi connectivity index (χ4n) is 3.32. The molecule has 0 aliphatic carbocycles. The van der Waals surface area contributed by atoms with Crippen molar-refractivity contribution in [3.63, 3.8) is 0 Å². The first-order valence-electron chi connectivity index (χ1n) is 13.5. The lowest BCUT2D eigenvalue weighted by atomic mass is 9.86. The fraction of sp³-hybridized carbons (Fsp3) is 0.343. The monoisotopic (exact) mass is 559 g/mol. The first-order chi connectivity index (χ1) is 17.7. The Balaban J connectivity index is 0.000000250. The first kappa shape index (κ1) is 32.3. The molecule has 4 rings (SSSR count). The van der Waals surface area contributed by atoms with Gasteiger partial charge in [0.2, 0.25) is 0 Å². The second kappa shape index (κ2) is 18.5. The minimum Gasteiger partial charge on any atom is -0.261 e. The predicted octanol–water partition coefficient (Wildman–Crippen LogP) is 10.5. The van der Waals surface area contributed by atoms with Crippen LogP contribution in [0.1, 0.15) is 76.4 Å². The molecule has 0 spiro atoms. The Kier molecular flexibility index (Phi) is 16.2. The third-order valence-corrected chi connectivity index (χ3v) is 6.36. The van der Waals surface area contributed by atoms with Crippen LogP contribution >= 0.6 is 15.9 Å². The van der Waals surface area contributed by atoms with Gasteiger partial charge in [0.1, 0.15) is 0 Å². The summed E-state index contributed by atoms with van der Waals surface area (Å²) in [7, 11) is 0. The number of halogens is 1. The van der Waals surface area contributed by atoms with Crippen molar-refractivity contribution < 1.29 is 0 Å². The average molecular weight is 561 g/mol. The number of hydrogen-bond donors (Lipinski definition) is 0. The number of benzene rings is 3. The SMILES string of the molecule is CCc1ccc(C(C)(C)C)cc1.CCc1cccc(Br)c1.CCc1ccccc1.CCc1ccccn1. The van der Waals surface area contributed by atoms with E-state index in [0.717, 1.165) is 31.4 Å². The van der Waals surface area contributed by atoms with Crippen LogP contribution in [0.2, 0.25) is 0 Å². The number of aromatic nitrogens is 1. The molecule has 0 atom stereocenters. The molecule has 1 nitrogen and oxygen atoms in total. The lowest BCUT2D eigenvalue weighted by molar-refractivity contribution is 0.590. The lowest BCUT2D eigenvalue weighted by Crippen LogP contribution is -2.10. The van der Waals surface area contributed by atoms with Gasteiger partial charge in [0.15, 0.2) is 0 Å². The molecule has 0 N–H and O–H groups in total. The molecule has 3 aromatic carbocycles. The van der Waals surface area contributed by atoms with Gasteiger partial charge in [-0.15, -0.1) is 0 Å². The largest absolute Gasteiger partial charge is 0.261 e. The molecule has 0 aliphatic heterocycles. The Morgan fingerprint density at radius 3 is 1.49 bits per heavy atom. The van der Waals surface area contributed by atoms with Gasteiger partial charge in [-0.05, 0) is 77.6 Å². The molecule has 198 valence electrons. The summed E-state index contributed by atoms with van der Waals surface area (Å²) in [4.78, 5) is 4.10. The summed E-state index contributed by atoms with van der Waals surface area (Å²) in [5.41, 5.74) is 7.07. The Labute approximate surface area is 235 Å². The molecule has 2 heteroatoms. The molecule has 37 heavy (non-hydrogen) atoms. The highest BCUT2D eigenvalue weighted by molar-refractivity contribution is 9.10. The maximum absolute atomic E-state index is 4.10. The maximum Gasteiger partial charge on any atom is 0.0400 e. The predicted molar refractivity (Wildman–Crippen MR) is 167 cm³/mol. The zero-order valence-corrected chi connectivity index (χ0v) is 25.6. The molecule has 0 amide bonds. The second-order valence-corrected chi connectivity index (χ2v) is 10.7. The van der Waals surface area contributed by atoms with E-state index in [2.05, 4.69) is 136 Å². The van der Waals surface area contributed by atoms with Gasteiger partial charge in [0, 0.05) is 16.4 Å². The van der Waals surface area contributed by atoms with Crippen molar-refractivity contribution >= 4 is 15.9 Å². The van der Waals surface area contributed by atoms with Crippen LogP contribution in [0.5, 0.6) is 0 Å². The van der Waals surface area contributed by atoms with Crippen LogP contribution in [0, 0.1) is 0 Å². The van der Waals surface area contributed by atoms with E-state index < -0.39 is 0 Å². The summed E-state index contributed by atoms with van der Waals surface area (Å²) in [5, 5.41) is 0. The van der Waals surface area contributed by atoms with E-state index in [9.17, 15) is 0 Å². The summed E-state index contributed by atoms with van der Waals surface area (Å²) in [5.74, 6) is 0. The summed E-state index contributed by atoms with van der Waals surface area (Å²) < 4.78 is 1.17. The van der Waals surface area contributed by atoms with E-state index in [0.29, 0.717) is 0 Å². The van der Waals surface area contributed by atoms with Crippen molar-refractivity contribution in [1.82, 2.24) is 4.98 Å². The summed E-state index contributed by atoms with van der Waals surface area (Å²) in [6.07, 6.45) is 6.23. The van der Waals surface area contributed by atoms with Crippen molar-refractivity contribution in [2.24, 2.45) is 0 Å². The molecule has 0 radical (unpaired) electrons. The van der Waals surface area contributed by atoms with Gasteiger partial charge >= 0.3 is 0 Å². The normalized spacial score (nSPS) is 10.1. The molecular weight excluding hydrogens is 514 g/mol. The number of pyridine rings is 1. The van der Waals surface area contributed by atoms with Crippen molar-refractivity contribution in [2.45, 2.75) is 79.6 Å². The molecule has 1 aromatic heterocycles. The number of aryl methyl sites for hydroxylation is 4. The van der Waals surface area contributed by atoms with Gasteiger partial charge in [-0.2, -0.15) is 0 Å². The minimum atomic E-state index is 0.284. The van der Waals surface area contributed by atoms with Crippen LogP contribution in [0.25, 0.3) is 0 Å². The summed E-state index contributed by atoms with van der Waals surface area (Å²) in [6, 6.07) is 33.7. The van der Waals surface area contributed by atoms with E-state index in [1.807, 2.05) is 36.5 Å². The Morgan fingerprint density at radius 1 is 0.568 bits per heavy atom. The van der Waals surface area contributed by atoms with Crippen molar-refractivity contribution in [1.29, 1.82) is 0 Å². The van der Waals surface area contributed by atoms with E-state index in [1.165, 1.54) is 26.7 Å². The molecule has 0 aliphatic rings. The van der Waals surface area contributed by atoms with Crippen molar-refractivity contribution in [2.75, 3.05) is 0 Å². The van der Waals surface area contributed by atoms with E-state index in [1.54, 1.807) is 0 Å². The Morgan fingerprint density at radius 2 is 1.11 bits per heavy atom. The molecule has 0 saturated carbocycles. The van der Waals surface area contributed by atoms with Crippen LogP contribution in [0.15, 0.2) is 108 Å². The molecule has 1 heterocycles. The fourth-order valence-corrected chi connectivity index (χ4v) is 3.76. The van der Waals surface area contributed by atoms with Crippen molar-refractivity contribution in [3.05, 3.63) is 136 Å². The quantitative estimate of drug-likeness (QED) is 0.242. The third kappa shape index (κ3) is 14.6. The topological polar surface area (TPSA) is 12.9 Å². The zero-order chi connectivity index (χ0) is 27.5. The second-order valence-electron chi connectivity index (χ2n) is 9.80. The lowest BCUT2D eigenvalue weighted by Gasteiger charge is -2.18. The molecule has 0 fully saturated rings. The highest BCUT2D eigenvalue weighted by atomic mass is 79.9. The van der Waals surface area contributed by atoms with Crippen LogP contribution in [-0.4, -0.2) is 4.98 Å². The van der Waals surface area contributed by atoms with Gasteiger partial charge in [-0.25, -0.2) is 0 Å². The number of hydrogen-bond acceptors (Lipinski definition) is 1. The molecule has 0 unspecified atom stereocenters. The van der Waals surface area contributed by atoms with E-state index in [-0.39, 0.29) is 5.41 Å². The molecule has 4 aromatic rings.